The number of nitrogens with zero attached hydrogens (tertiary/aromatic N) is 1. The van der Waals surface area contributed by atoms with Crippen molar-refractivity contribution in [2.75, 3.05) is 6.61 Å². The Labute approximate surface area is 168 Å². The van der Waals surface area contributed by atoms with Crippen LogP contribution in [0.25, 0.3) is 10.9 Å². The van der Waals surface area contributed by atoms with Crippen LogP contribution < -0.4 is 10.3 Å². The number of H-pyrrole nitrogens is 1. The molecule has 2 N–H and O–H groups in total. The van der Waals surface area contributed by atoms with Gasteiger partial charge in [-0.05, 0) is 44.4 Å². The van der Waals surface area contributed by atoms with Crippen molar-refractivity contribution in [1.29, 1.82) is 0 Å². The number of hydrogen-bond acceptors (Lipinski definition) is 5. The zero-order chi connectivity index (χ0) is 19.5. The third kappa shape index (κ3) is 4.69. The van der Waals surface area contributed by atoms with E-state index in [-0.39, 0.29) is 11.5 Å². The SMILES string of the molecule is O=c1[nH]c(CS[C@H]2CC[C@H](O)CC2)nc2cc(OCC3CCCC3)cc(F)c12. The highest BCUT2D eigenvalue weighted by Gasteiger charge is 2.20. The Morgan fingerprint density at radius 1 is 1.18 bits per heavy atom. The monoisotopic (exact) mass is 406 g/mol. The Bertz CT molecular complexity index is 874. The molecule has 1 aromatic heterocycles. The molecule has 0 radical (unpaired) electrons. The maximum atomic E-state index is 14.5. The van der Waals surface area contributed by atoms with Gasteiger partial charge in [0, 0.05) is 17.4 Å². The van der Waals surface area contributed by atoms with E-state index in [1.165, 1.54) is 18.9 Å². The standard InChI is InChI=1S/C21H27FN2O3S/c22-17-9-15(27-11-13-3-1-2-4-13)10-18-20(17)21(26)24-19(23-18)12-28-16-7-5-14(25)6-8-16/h9-10,13-14,16,25H,1-8,11-12H2,(H,23,24,26)/t14-,16-. The number of aliphatic hydroxyl groups is 1. The van der Waals surface area contributed by atoms with Crippen molar-refractivity contribution in [1.82, 2.24) is 9.97 Å². The molecule has 0 aliphatic heterocycles. The van der Waals surface area contributed by atoms with Crippen LogP contribution >= 0.6 is 11.8 Å². The third-order valence-electron chi connectivity index (χ3n) is 5.84. The minimum absolute atomic E-state index is 0.0113. The molecule has 2 saturated carbocycles. The zero-order valence-corrected chi connectivity index (χ0v) is 16.8. The molecule has 1 aromatic carbocycles. The number of fused-ring (bicyclic) bond motifs is 1. The number of ether oxygens (including phenoxy) is 1. The number of aromatic amines is 1. The second-order valence-electron chi connectivity index (χ2n) is 8.01. The molecule has 1 heterocycles. The molecule has 4 rings (SSSR count). The molecule has 0 bridgehead atoms. The molecule has 2 aliphatic carbocycles. The Hall–Kier alpha value is -1.60. The van der Waals surface area contributed by atoms with Gasteiger partial charge in [0.1, 0.15) is 22.8 Å². The minimum Gasteiger partial charge on any atom is -0.493 e. The lowest BCUT2D eigenvalue weighted by Crippen LogP contribution is -2.20. The Morgan fingerprint density at radius 3 is 2.68 bits per heavy atom. The van der Waals surface area contributed by atoms with Crippen molar-refractivity contribution >= 4 is 22.7 Å². The first-order valence-electron chi connectivity index (χ1n) is 10.2. The lowest BCUT2D eigenvalue weighted by molar-refractivity contribution is 0.132. The molecule has 0 spiro atoms. The molecule has 0 saturated heterocycles. The lowest BCUT2D eigenvalue weighted by Gasteiger charge is -2.24. The highest BCUT2D eigenvalue weighted by molar-refractivity contribution is 7.99. The van der Waals surface area contributed by atoms with Gasteiger partial charge in [0.05, 0.1) is 24.0 Å². The van der Waals surface area contributed by atoms with Crippen LogP contribution in [0.2, 0.25) is 0 Å². The van der Waals surface area contributed by atoms with Gasteiger partial charge in [0.2, 0.25) is 0 Å². The van der Waals surface area contributed by atoms with Gasteiger partial charge in [0.25, 0.3) is 5.56 Å². The number of thioether (sulfide) groups is 1. The Morgan fingerprint density at radius 2 is 1.93 bits per heavy atom. The number of aliphatic hydroxyl groups excluding tert-OH is 1. The van der Waals surface area contributed by atoms with Crippen molar-refractivity contribution in [3.63, 3.8) is 0 Å². The summed E-state index contributed by atoms with van der Waals surface area (Å²) < 4.78 is 20.3. The van der Waals surface area contributed by atoms with Gasteiger partial charge in [-0.3, -0.25) is 4.79 Å². The van der Waals surface area contributed by atoms with E-state index >= 15 is 0 Å². The van der Waals surface area contributed by atoms with Crippen LogP contribution in [0.15, 0.2) is 16.9 Å². The summed E-state index contributed by atoms with van der Waals surface area (Å²) in [6, 6.07) is 2.96. The van der Waals surface area contributed by atoms with E-state index in [9.17, 15) is 14.3 Å². The molecular weight excluding hydrogens is 379 g/mol. The van der Waals surface area contributed by atoms with E-state index in [1.54, 1.807) is 17.8 Å². The lowest BCUT2D eigenvalue weighted by atomic mass is 9.97. The largest absolute Gasteiger partial charge is 0.493 e. The molecule has 0 atom stereocenters. The number of halogens is 1. The van der Waals surface area contributed by atoms with Crippen LogP contribution in [0.5, 0.6) is 5.75 Å². The molecule has 0 amide bonds. The number of nitrogens with one attached hydrogen (secondary N) is 1. The summed E-state index contributed by atoms with van der Waals surface area (Å²) >= 11 is 1.74. The average molecular weight is 407 g/mol. The van der Waals surface area contributed by atoms with Crippen LogP contribution in [-0.4, -0.2) is 33.0 Å². The highest BCUT2D eigenvalue weighted by Crippen LogP contribution is 2.31. The minimum atomic E-state index is -0.590. The maximum absolute atomic E-state index is 14.5. The summed E-state index contributed by atoms with van der Waals surface area (Å²) in [6.07, 6.45) is 8.20. The van der Waals surface area contributed by atoms with Gasteiger partial charge >= 0.3 is 0 Å². The van der Waals surface area contributed by atoms with Crippen LogP contribution in [0.3, 0.4) is 0 Å². The van der Waals surface area contributed by atoms with Crippen molar-refractivity contribution in [2.24, 2.45) is 5.92 Å². The van der Waals surface area contributed by atoms with E-state index in [4.69, 9.17) is 4.74 Å². The number of rotatable bonds is 6. The molecule has 0 unspecified atom stereocenters. The first-order valence-corrected chi connectivity index (χ1v) is 11.3. The molecule has 28 heavy (non-hydrogen) atoms. The topological polar surface area (TPSA) is 75.2 Å². The first kappa shape index (κ1) is 19.7. The molecular formula is C21H27FN2O3S. The second kappa shape index (κ2) is 8.82. The number of aromatic nitrogens is 2. The molecule has 2 fully saturated rings. The fraction of sp³-hybridized carbons (Fsp3) is 0.619. The molecule has 5 nitrogen and oxygen atoms in total. The fourth-order valence-corrected chi connectivity index (χ4v) is 5.34. The molecule has 152 valence electrons. The normalized spacial score (nSPS) is 23.4. The maximum Gasteiger partial charge on any atom is 0.261 e. The van der Waals surface area contributed by atoms with Crippen molar-refractivity contribution in [3.8, 4) is 5.75 Å². The number of benzene rings is 1. The van der Waals surface area contributed by atoms with Crippen molar-refractivity contribution < 1.29 is 14.2 Å². The van der Waals surface area contributed by atoms with Crippen LogP contribution in [0.4, 0.5) is 4.39 Å². The van der Waals surface area contributed by atoms with E-state index in [0.717, 1.165) is 38.5 Å². The number of hydrogen-bond donors (Lipinski definition) is 2. The highest BCUT2D eigenvalue weighted by atomic mass is 32.2. The summed E-state index contributed by atoms with van der Waals surface area (Å²) in [5, 5.41) is 10.1. The van der Waals surface area contributed by atoms with E-state index < -0.39 is 11.4 Å². The van der Waals surface area contributed by atoms with E-state index in [0.29, 0.717) is 40.6 Å². The smallest absolute Gasteiger partial charge is 0.261 e. The molecule has 2 aliphatic rings. The summed E-state index contributed by atoms with van der Waals surface area (Å²) in [5.41, 5.74) is -0.0978. The van der Waals surface area contributed by atoms with Gasteiger partial charge in [-0.2, -0.15) is 11.8 Å². The van der Waals surface area contributed by atoms with Gasteiger partial charge < -0.3 is 14.8 Å². The van der Waals surface area contributed by atoms with Crippen LogP contribution in [0.1, 0.15) is 57.2 Å². The van der Waals surface area contributed by atoms with E-state index in [1.807, 2.05) is 0 Å². The zero-order valence-electron chi connectivity index (χ0n) is 16.0. The Kier molecular flexibility index (Phi) is 6.21. The summed E-state index contributed by atoms with van der Waals surface area (Å²) in [5.74, 6) is 1.51. The quantitative estimate of drug-likeness (QED) is 0.753. The van der Waals surface area contributed by atoms with Gasteiger partial charge in [-0.15, -0.1) is 0 Å². The fourth-order valence-electron chi connectivity index (χ4n) is 4.20. The third-order valence-corrected chi connectivity index (χ3v) is 7.23. The Balaban J connectivity index is 1.48. The predicted octanol–water partition coefficient (Wildman–Crippen LogP) is 4.17. The van der Waals surface area contributed by atoms with Crippen LogP contribution in [0, 0.1) is 11.7 Å². The second-order valence-corrected chi connectivity index (χ2v) is 9.30. The van der Waals surface area contributed by atoms with Crippen molar-refractivity contribution in [3.05, 3.63) is 34.1 Å². The van der Waals surface area contributed by atoms with Crippen LogP contribution in [-0.2, 0) is 5.75 Å². The van der Waals surface area contributed by atoms with Gasteiger partial charge in [0.15, 0.2) is 0 Å². The predicted molar refractivity (Wildman–Crippen MR) is 109 cm³/mol. The summed E-state index contributed by atoms with van der Waals surface area (Å²) in [4.78, 5) is 19.6. The van der Waals surface area contributed by atoms with Gasteiger partial charge in [-0.25, -0.2) is 9.37 Å². The van der Waals surface area contributed by atoms with E-state index in [2.05, 4.69) is 9.97 Å². The summed E-state index contributed by atoms with van der Waals surface area (Å²) in [7, 11) is 0. The summed E-state index contributed by atoms with van der Waals surface area (Å²) in [6.45, 7) is 0.588. The molecule has 2 aromatic rings. The molecule has 7 heteroatoms. The van der Waals surface area contributed by atoms with Crippen molar-refractivity contribution in [2.45, 2.75) is 68.5 Å². The van der Waals surface area contributed by atoms with Gasteiger partial charge in [-0.1, -0.05) is 12.8 Å². The first-order chi connectivity index (χ1) is 13.6. The average Bonchev–Trinajstić information content (AvgIpc) is 3.19.